The van der Waals surface area contributed by atoms with E-state index in [9.17, 15) is 0 Å². The molecule has 0 aliphatic carbocycles. The summed E-state index contributed by atoms with van der Waals surface area (Å²) in [5, 5.41) is 7.89. The molecule has 0 atom stereocenters. The first-order chi connectivity index (χ1) is 10.9. The molecule has 0 fully saturated rings. The van der Waals surface area contributed by atoms with Gasteiger partial charge in [0.2, 0.25) is 0 Å². The summed E-state index contributed by atoms with van der Waals surface area (Å²) in [6.45, 7) is 0. The Hall–Kier alpha value is -2.72. The van der Waals surface area contributed by atoms with Crippen molar-refractivity contribution in [2.24, 2.45) is 0 Å². The van der Waals surface area contributed by atoms with Gasteiger partial charge in [0.05, 0.1) is 16.8 Å². The van der Waals surface area contributed by atoms with Crippen LogP contribution in [0.15, 0.2) is 65.2 Å². The summed E-state index contributed by atoms with van der Waals surface area (Å²) in [4.78, 5) is 4.87. The smallest absolute Gasteiger partial charge is 0.167 e. The second-order valence-corrected chi connectivity index (χ2v) is 6.62. The van der Waals surface area contributed by atoms with Crippen molar-refractivity contribution < 1.29 is 4.52 Å². The highest BCUT2D eigenvalue weighted by atomic mass is 28.2. The molecule has 0 N–H and O–H groups in total. The van der Waals surface area contributed by atoms with Crippen molar-refractivity contribution in [2.75, 3.05) is 0 Å². The van der Waals surface area contributed by atoms with E-state index in [4.69, 9.17) is 9.51 Å². The van der Waals surface area contributed by atoms with Crippen LogP contribution in [0.5, 0.6) is 0 Å². The maximum Gasteiger partial charge on any atom is 0.167 e. The zero-order valence-electron chi connectivity index (χ0n) is 11.6. The van der Waals surface area contributed by atoms with Gasteiger partial charge in [0, 0.05) is 0 Å². The third-order valence-corrected chi connectivity index (χ3v) is 5.34. The predicted octanol–water partition coefficient (Wildman–Crippen LogP) is 2.53. The van der Waals surface area contributed by atoms with Gasteiger partial charge in [-0.15, -0.1) is 0 Å². The van der Waals surface area contributed by atoms with Gasteiger partial charge < -0.3 is 4.52 Å². The molecular weight excluding hydrogens is 288 g/mol. The van der Waals surface area contributed by atoms with Crippen molar-refractivity contribution in [3.63, 3.8) is 0 Å². The summed E-state index contributed by atoms with van der Waals surface area (Å²) in [5.74, 6) is 0. The monoisotopic (exact) mass is 298 g/mol. The maximum atomic E-state index is 5.40. The number of pyridine rings is 1. The average molecular weight is 298 g/mol. The molecule has 0 saturated carbocycles. The molecule has 0 amide bonds. The van der Waals surface area contributed by atoms with E-state index in [0.29, 0.717) is 9.52 Å². The van der Waals surface area contributed by atoms with Gasteiger partial charge in [-0.2, -0.15) is 0 Å². The highest BCUT2D eigenvalue weighted by molar-refractivity contribution is 6.73. The molecule has 4 aromatic rings. The predicted molar refractivity (Wildman–Crippen MR) is 87.7 cm³/mol. The van der Waals surface area contributed by atoms with Crippen molar-refractivity contribution in [1.29, 1.82) is 0 Å². The van der Waals surface area contributed by atoms with Crippen molar-refractivity contribution in [2.45, 2.75) is 0 Å². The first-order valence-electron chi connectivity index (χ1n) is 7.12. The Morgan fingerprint density at radius 1 is 0.773 bits per heavy atom. The van der Waals surface area contributed by atoms with Crippen molar-refractivity contribution in [1.82, 2.24) is 10.1 Å². The van der Waals surface area contributed by atoms with Crippen molar-refractivity contribution in [3.05, 3.63) is 60.7 Å². The summed E-state index contributed by atoms with van der Waals surface area (Å²) in [7, 11) is 0.687. The minimum Gasteiger partial charge on any atom is -0.356 e. The van der Waals surface area contributed by atoms with Crippen LogP contribution in [0.25, 0.3) is 33.6 Å². The van der Waals surface area contributed by atoms with Crippen LogP contribution in [0, 0.1) is 0 Å². The first-order valence-corrected chi connectivity index (χ1v) is 8.12. The molecule has 0 saturated heterocycles. The number of aromatic nitrogens is 2. The molecule has 102 valence electrons. The molecule has 2 aromatic carbocycles. The van der Waals surface area contributed by atoms with Crippen LogP contribution < -0.4 is 10.4 Å². The average Bonchev–Trinajstić information content (AvgIpc) is 3.15. The lowest BCUT2D eigenvalue weighted by Gasteiger charge is -2.03. The molecule has 3 heterocycles. The molecule has 1 aliphatic heterocycles. The summed E-state index contributed by atoms with van der Waals surface area (Å²) in [5.41, 5.74) is 4.79. The highest BCUT2D eigenvalue weighted by Gasteiger charge is 2.21. The second-order valence-electron chi connectivity index (χ2n) is 5.29. The van der Waals surface area contributed by atoms with E-state index < -0.39 is 0 Å². The van der Waals surface area contributed by atoms with Crippen LogP contribution in [0.2, 0.25) is 0 Å². The van der Waals surface area contributed by atoms with Crippen molar-refractivity contribution >= 4 is 30.9 Å². The Bertz CT molecular complexity index is 1020. The number of rotatable bonds is 1. The van der Waals surface area contributed by atoms with Crippen molar-refractivity contribution in [3.8, 4) is 22.6 Å². The molecule has 0 unspecified atom stereocenters. The normalized spacial score (nSPS) is 12.4. The van der Waals surface area contributed by atoms with Gasteiger partial charge in [-0.05, 0) is 34.1 Å². The van der Waals surface area contributed by atoms with Gasteiger partial charge in [0.1, 0.15) is 15.2 Å². The molecule has 3 nitrogen and oxygen atoms in total. The van der Waals surface area contributed by atoms with Gasteiger partial charge >= 0.3 is 0 Å². The number of benzene rings is 2. The third-order valence-electron chi connectivity index (χ3n) is 3.97. The summed E-state index contributed by atoms with van der Waals surface area (Å²) < 4.78 is 5.40. The quantitative estimate of drug-likeness (QED) is 0.446. The van der Waals surface area contributed by atoms with Gasteiger partial charge in [0.25, 0.3) is 0 Å². The van der Waals surface area contributed by atoms with E-state index in [1.165, 1.54) is 15.9 Å². The zero-order valence-corrected chi connectivity index (χ0v) is 12.6. The van der Waals surface area contributed by atoms with Crippen LogP contribution in [-0.2, 0) is 0 Å². The Balaban J connectivity index is 1.73. The van der Waals surface area contributed by atoms with Crippen LogP contribution >= 0.6 is 0 Å². The summed E-state index contributed by atoms with van der Waals surface area (Å²) in [6.07, 6.45) is 0. The fourth-order valence-electron chi connectivity index (χ4n) is 2.91. The summed E-state index contributed by atoms with van der Waals surface area (Å²) >= 11 is 0. The molecule has 2 radical (unpaired) electrons. The molecular formula is C18H10N2OSi. The Kier molecular flexibility index (Phi) is 2.37. The Morgan fingerprint density at radius 3 is 2.64 bits per heavy atom. The Labute approximate surface area is 129 Å². The molecule has 2 aromatic heterocycles. The molecule has 0 spiro atoms. The zero-order chi connectivity index (χ0) is 14.5. The summed E-state index contributed by atoms with van der Waals surface area (Å²) in [6, 6.07) is 20.6. The van der Waals surface area contributed by atoms with Gasteiger partial charge in [-0.3, -0.25) is 0 Å². The van der Waals surface area contributed by atoms with Crippen LogP contribution in [0.4, 0.5) is 0 Å². The van der Waals surface area contributed by atoms with Crippen LogP contribution in [-0.4, -0.2) is 19.7 Å². The SMILES string of the molecule is c1ccc2c(c1)[Si]c1ccc(-c3noc4ccccc34)nc1-2. The van der Waals surface area contributed by atoms with E-state index >= 15 is 0 Å². The van der Waals surface area contributed by atoms with E-state index in [1.54, 1.807) is 0 Å². The van der Waals surface area contributed by atoms with Gasteiger partial charge in [-0.25, -0.2) is 4.98 Å². The number of hydrogen-bond donors (Lipinski definition) is 0. The lowest BCUT2D eigenvalue weighted by molar-refractivity contribution is 0.459. The molecule has 5 rings (SSSR count). The number of hydrogen-bond acceptors (Lipinski definition) is 3. The minimum absolute atomic E-state index is 0.687. The van der Waals surface area contributed by atoms with Gasteiger partial charge in [-0.1, -0.05) is 47.6 Å². The van der Waals surface area contributed by atoms with Crippen LogP contribution in [0.1, 0.15) is 0 Å². The molecule has 4 heteroatoms. The molecule has 0 bridgehead atoms. The van der Waals surface area contributed by atoms with E-state index in [2.05, 4.69) is 35.5 Å². The number of nitrogens with zero attached hydrogens (tertiary/aromatic N) is 2. The fourth-order valence-corrected chi connectivity index (χ4v) is 4.19. The number of fused-ring (bicyclic) bond motifs is 4. The minimum atomic E-state index is 0.687. The van der Waals surface area contributed by atoms with E-state index in [0.717, 1.165) is 28.1 Å². The van der Waals surface area contributed by atoms with E-state index in [-0.39, 0.29) is 0 Å². The number of para-hydroxylation sites is 1. The molecule has 1 aliphatic rings. The third kappa shape index (κ3) is 1.61. The fraction of sp³-hybridized carbons (Fsp3) is 0. The van der Waals surface area contributed by atoms with Crippen LogP contribution in [0.3, 0.4) is 0 Å². The Morgan fingerprint density at radius 2 is 1.64 bits per heavy atom. The highest BCUT2D eigenvalue weighted by Crippen LogP contribution is 2.28. The molecule has 22 heavy (non-hydrogen) atoms. The second kappa shape index (κ2) is 4.38. The van der Waals surface area contributed by atoms with Gasteiger partial charge in [0.15, 0.2) is 5.58 Å². The largest absolute Gasteiger partial charge is 0.356 e. The standard InChI is InChI=1S/C18H10N2OSi/c1-3-7-14-11(5-1)17(20-21-14)13-9-10-16-18(19-13)12-6-2-4-8-15(12)22-16/h1-10H. The topological polar surface area (TPSA) is 38.9 Å². The first kappa shape index (κ1) is 11.9. The maximum absolute atomic E-state index is 5.40. The van der Waals surface area contributed by atoms with E-state index in [1.807, 2.05) is 30.3 Å². The lowest BCUT2D eigenvalue weighted by Crippen LogP contribution is -2.20. The lowest BCUT2D eigenvalue weighted by atomic mass is 10.1.